The number of rotatable bonds is 6. The van der Waals surface area contributed by atoms with E-state index in [1.54, 1.807) is 12.4 Å². The Balaban J connectivity index is 1.46. The van der Waals surface area contributed by atoms with Crippen molar-refractivity contribution >= 4 is 0 Å². The Morgan fingerprint density at radius 3 is 1.54 bits per heavy atom. The molecule has 4 rings (SSSR count). The molecule has 2 aromatic heterocycles. The Morgan fingerprint density at radius 1 is 0.607 bits per heavy atom. The molecule has 0 amide bonds. The van der Waals surface area contributed by atoms with Crippen LogP contribution in [0.3, 0.4) is 0 Å². The van der Waals surface area contributed by atoms with E-state index < -0.39 is 6.10 Å². The van der Waals surface area contributed by atoms with Crippen LogP contribution >= 0.6 is 0 Å². The van der Waals surface area contributed by atoms with Crippen LogP contribution in [0.25, 0.3) is 22.5 Å². The summed E-state index contributed by atoms with van der Waals surface area (Å²) in [5, 5.41) is 10.6. The van der Waals surface area contributed by atoms with Crippen molar-refractivity contribution in [2.75, 3.05) is 0 Å². The predicted molar refractivity (Wildman–Crippen MR) is 113 cm³/mol. The second-order valence-corrected chi connectivity index (χ2v) is 6.89. The second kappa shape index (κ2) is 8.59. The van der Waals surface area contributed by atoms with Gasteiger partial charge in [0.15, 0.2) is 0 Å². The maximum absolute atomic E-state index is 10.6. The average molecular weight is 366 g/mol. The molecule has 0 bridgehead atoms. The molecule has 28 heavy (non-hydrogen) atoms. The summed E-state index contributed by atoms with van der Waals surface area (Å²) in [5.74, 6) is 0. The topological polar surface area (TPSA) is 46.0 Å². The second-order valence-electron chi connectivity index (χ2n) is 6.89. The van der Waals surface area contributed by atoms with Gasteiger partial charge in [-0.15, -0.1) is 0 Å². The molecule has 0 aliphatic heterocycles. The van der Waals surface area contributed by atoms with Gasteiger partial charge in [-0.25, -0.2) is 0 Å². The third kappa shape index (κ3) is 4.51. The first kappa shape index (κ1) is 18.1. The van der Waals surface area contributed by atoms with Crippen molar-refractivity contribution in [1.29, 1.82) is 0 Å². The Kier molecular flexibility index (Phi) is 5.55. The zero-order valence-corrected chi connectivity index (χ0v) is 15.6. The average Bonchev–Trinajstić information content (AvgIpc) is 2.75. The lowest BCUT2D eigenvalue weighted by Gasteiger charge is -2.13. The molecule has 0 fully saturated rings. The standard InChI is InChI=1S/C25H22N2O/c28-23(17-19-7-5-9-21(15-19)24-11-1-3-13-26-24)18-20-8-6-10-22(16-20)25-12-2-4-14-27-25/h1-16,23,28H,17-18H2. The maximum Gasteiger partial charge on any atom is 0.0702 e. The first-order valence-electron chi connectivity index (χ1n) is 9.47. The van der Waals surface area contributed by atoms with Crippen LogP contribution in [0, 0.1) is 0 Å². The third-order valence-electron chi connectivity index (χ3n) is 4.72. The lowest BCUT2D eigenvalue weighted by atomic mass is 9.98. The van der Waals surface area contributed by atoms with E-state index in [-0.39, 0.29) is 0 Å². The molecule has 4 aromatic rings. The molecule has 1 N–H and O–H groups in total. The zero-order valence-electron chi connectivity index (χ0n) is 15.6. The van der Waals surface area contributed by atoms with E-state index in [2.05, 4.69) is 46.4 Å². The van der Waals surface area contributed by atoms with Gasteiger partial charge in [0.25, 0.3) is 0 Å². The van der Waals surface area contributed by atoms with Crippen molar-refractivity contribution in [3.63, 3.8) is 0 Å². The number of nitrogens with zero attached hydrogens (tertiary/aromatic N) is 2. The number of benzene rings is 2. The van der Waals surface area contributed by atoms with Crippen LogP contribution < -0.4 is 0 Å². The van der Waals surface area contributed by atoms with Gasteiger partial charge in [-0.2, -0.15) is 0 Å². The Bertz CT molecular complexity index is 947. The lowest BCUT2D eigenvalue weighted by molar-refractivity contribution is 0.175. The van der Waals surface area contributed by atoms with Gasteiger partial charge in [0.05, 0.1) is 17.5 Å². The van der Waals surface area contributed by atoms with Crippen molar-refractivity contribution in [2.45, 2.75) is 18.9 Å². The van der Waals surface area contributed by atoms with E-state index in [0.29, 0.717) is 12.8 Å². The van der Waals surface area contributed by atoms with Crippen molar-refractivity contribution in [3.8, 4) is 22.5 Å². The molecule has 0 saturated heterocycles. The van der Waals surface area contributed by atoms with Crippen LogP contribution in [0.1, 0.15) is 11.1 Å². The summed E-state index contributed by atoms with van der Waals surface area (Å²) in [6.07, 6.45) is 4.36. The molecule has 138 valence electrons. The number of hydrogen-bond acceptors (Lipinski definition) is 3. The first-order valence-corrected chi connectivity index (χ1v) is 9.47. The van der Waals surface area contributed by atoms with Crippen LogP contribution in [-0.2, 0) is 12.8 Å². The maximum atomic E-state index is 10.6. The largest absolute Gasteiger partial charge is 0.392 e. The monoisotopic (exact) mass is 366 g/mol. The van der Waals surface area contributed by atoms with Crippen LogP contribution in [0.2, 0.25) is 0 Å². The smallest absolute Gasteiger partial charge is 0.0702 e. The van der Waals surface area contributed by atoms with Crippen molar-refractivity contribution in [3.05, 3.63) is 108 Å². The number of aromatic nitrogens is 2. The molecule has 0 unspecified atom stereocenters. The number of aliphatic hydroxyl groups is 1. The van der Waals surface area contributed by atoms with Gasteiger partial charge in [-0.3, -0.25) is 9.97 Å². The van der Waals surface area contributed by atoms with Gasteiger partial charge in [0, 0.05) is 23.5 Å². The minimum absolute atomic E-state index is 0.446. The summed E-state index contributed by atoms with van der Waals surface area (Å²) >= 11 is 0. The Morgan fingerprint density at radius 2 is 1.11 bits per heavy atom. The highest BCUT2D eigenvalue weighted by molar-refractivity contribution is 5.60. The van der Waals surface area contributed by atoms with E-state index in [1.807, 2.05) is 48.5 Å². The number of pyridine rings is 2. The third-order valence-corrected chi connectivity index (χ3v) is 4.72. The molecule has 0 spiro atoms. The molecule has 0 radical (unpaired) electrons. The summed E-state index contributed by atoms with van der Waals surface area (Å²) < 4.78 is 0. The van der Waals surface area contributed by atoms with Gasteiger partial charge >= 0.3 is 0 Å². The molecule has 2 aromatic carbocycles. The molecule has 0 atom stereocenters. The summed E-state index contributed by atoms with van der Waals surface area (Å²) in [6, 6.07) is 28.3. The summed E-state index contributed by atoms with van der Waals surface area (Å²) in [4.78, 5) is 8.81. The van der Waals surface area contributed by atoms with Crippen LogP contribution in [-0.4, -0.2) is 21.2 Å². The van der Waals surface area contributed by atoms with E-state index in [0.717, 1.165) is 33.6 Å². The van der Waals surface area contributed by atoms with Gasteiger partial charge in [0.1, 0.15) is 0 Å². The number of aliphatic hydroxyl groups excluding tert-OH is 1. The quantitative estimate of drug-likeness (QED) is 0.525. The highest BCUT2D eigenvalue weighted by Gasteiger charge is 2.09. The van der Waals surface area contributed by atoms with Gasteiger partial charge in [-0.05, 0) is 60.4 Å². The van der Waals surface area contributed by atoms with Crippen molar-refractivity contribution in [2.24, 2.45) is 0 Å². The van der Waals surface area contributed by atoms with Crippen molar-refractivity contribution < 1.29 is 5.11 Å². The lowest BCUT2D eigenvalue weighted by Crippen LogP contribution is -2.14. The molecule has 0 aliphatic carbocycles. The predicted octanol–water partition coefficient (Wildman–Crippen LogP) is 4.96. The van der Waals surface area contributed by atoms with E-state index in [1.165, 1.54) is 0 Å². The fourth-order valence-corrected chi connectivity index (χ4v) is 3.40. The molecule has 2 heterocycles. The fraction of sp³-hybridized carbons (Fsp3) is 0.120. The first-order chi connectivity index (χ1) is 13.8. The van der Waals surface area contributed by atoms with Crippen LogP contribution in [0.4, 0.5) is 0 Å². The van der Waals surface area contributed by atoms with Gasteiger partial charge in [0.2, 0.25) is 0 Å². The molecule has 3 heteroatoms. The van der Waals surface area contributed by atoms with Crippen LogP contribution in [0.5, 0.6) is 0 Å². The highest BCUT2D eigenvalue weighted by atomic mass is 16.3. The van der Waals surface area contributed by atoms with E-state index in [9.17, 15) is 5.11 Å². The zero-order chi connectivity index (χ0) is 19.2. The number of hydrogen-bond donors (Lipinski definition) is 1. The molecular weight excluding hydrogens is 344 g/mol. The SMILES string of the molecule is OC(Cc1cccc(-c2ccccn2)c1)Cc1cccc(-c2ccccn2)c1. The molecule has 3 nitrogen and oxygen atoms in total. The van der Waals surface area contributed by atoms with Crippen LogP contribution in [0.15, 0.2) is 97.3 Å². The highest BCUT2D eigenvalue weighted by Crippen LogP contribution is 2.21. The molecular formula is C25H22N2O. The minimum atomic E-state index is -0.446. The Labute approximate surface area is 165 Å². The van der Waals surface area contributed by atoms with Gasteiger partial charge in [-0.1, -0.05) is 48.5 Å². The minimum Gasteiger partial charge on any atom is -0.392 e. The fourth-order valence-electron chi connectivity index (χ4n) is 3.40. The summed E-state index contributed by atoms with van der Waals surface area (Å²) in [5.41, 5.74) is 6.25. The van der Waals surface area contributed by atoms with Gasteiger partial charge < -0.3 is 5.11 Å². The summed E-state index contributed by atoms with van der Waals surface area (Å²) in [6.45, 7) is 0. The van der Waals surface area contributed by atoms with Crippen molar-refractivity contribution in [1.82, 2.24) is 9.97 Å². The summed E-state index contributed by atoms with van der Waals surface area (Å²) in [7, 11) is 0. The Hall–Kier alpha value is -3.30. The normalized spacial score (nSPS) is 10.9. The molecule has 0 saturated carbocycles. The van der Waals surface area contributed by atoms with E-state index >= 15 is 0 Å². The molecule has 0 aliphatic rings. The van der Waals surface area contributed by atoms with E-state index in [4.69, 9.17) is 0 Å².